The van der Waals surface area contributed by atoms with Crippen molar-refractivity contribution in [3.63, 3.8) is 0 Å². The zero-order valence-corrected chi connectivity index (χ0v) is 21.0. The summed E-state index contributed by atoms with van der Waals surface area (Å²) in [6, 6.07) is 31.4. The largest absolute Gasteiger partial charge is 0.493 e. The van der Waals surface area contributed by atoms with Crippen LogP contribution in [0, 0.1) is 0 Å². The molecule has 3 aromatic rings. The van der Waals surface area contributed by atoms with E-state index in [1.807, 2.05) is 36.4 Å². The Labute approximate surface area is 203 Å². The van der Waals surface area contributed by atoms with E-state index in [0.29, 0.717) is 6.61 Å². The summed E-state index contributed by atoms with van der Waals surface area (Å²) in [4.78, 5) is 0. The van der Waals surface area contributed by atoms with Gasteiger partial charge in [-0.25, -0.2) is 0 Å². The second-order valence-electron chi connectivity index (χ2n) is 9.93. The Morgan fingerprint density at radius 2 is 1.35 bits per heavy atom. The average Bonchev–Trinajstić information content (AvgIpc) is 2.88. The molecule has 5 rings (SSSR count). The highest BCUT2D eigenvalue weighted by Gasteiger charge is 2.53. The van der Waals surface area contributed by atoms with Crippen molar-refractivity contribution >= 4 is 18.7 Å². The van der Waals surface area contributed by atoms with Gasteiger partial charge in [0, 0.05) is 5.56 Å². The maximum atomic E-state index is 7.36. The van der Waals surface area contributed by atoms with Crippen LogP contribution in [-0.2, 0) is 18.6 Å². The lowest BCUT2D eigenvalue weighted by Crippen LogP contribution is -2.69. The number of hydrogen-bond acceptors (Lipinski definition) is 4. The van der Waals surface area contributed by atoms with E-state index in [4.69, 9.17) is 18.6 Å². The van der Waals surface area contributed by atoms with Crippen LogP contribution >= 0.6 is 0 Å². The van der Waals surface area contributed by atoms with Crippen LogP contribution in [0.1, 0.15) is 32.6 Å². The summed E-state index contributed by atoms with van der Waals surface area (Å²) in [6.07, 6.45) is 2.56. The molecule has 0 spiro atoms. The molecule has 2 aliphatic rings. The first-order valence-electron chi connectivity index (χ1n) is 11.9. The third-order valence-electron chi connectivity index (χ3n) is 6.71. The van der Waals surface area contributed by atoms with Crippen molar-refractivity contribution in [1.29, 1.82) is 0 Å². The Morgan fingerprint density at radius 1 is 0.794 bits per heavy atom. The highest BCUT2D eigenvalue weighted by Crippen LogP contribution is 2.40. The van der Waals surface area contributed by atoms with Crippen LogP contribution in [0.15, 0.2) is 103 Å². The molecule has 5 heteroatoms. The van der Waals surface area contributed by atoms with Crippen LogP contribution < -0.4 is 10.4 Å². The quantitative estimate of drug-likeness (QED) is 0.492. The van der Waals surface area contributed by atoms with E-state index in [0.717, 1.165) is 5.56 Å². The predicted octanol–water partition coefficient (Wildman–Crippen LogP) is 4.96. The minimum absolute atomic E-state index is 0.124. The van der Waals surface area contributed by atoms with E-state index >= 15 is 0 Å². The third-order valence-corrected chi connectivity index (χ3v) is 11.7. The molecular weight excluding hydrogens is 440 g/mol. The Kier molecular flexibility index (Phi) is 6.45. The number of fused-ring (bicyclic) bond motifs is 1. The molecule has 2 aliphatic heterocycles. The van der Waals surface area contributed by atoms with E-state index in [-0.39, 0.29) is 23.4 Å². The van der Waals surface area contributed by atoms with Gasteiger partial charge in [0.15, 0.2) is 12.4 Å². The Balaban J connectivity index is 1.55. The summed E-state index contributed by atoms with van der Waals surface area (Å²) >= 11 is 0. The minimum Gasteiger partial charge on any atom is -0.493 e. The number of benzene rings is 3. The highest BCUT2D eigenvalue weighted by atomic mass is 28.4. The number of hydrogen-bond donors (Lipinski definition) is 0. The van der Waals surface area contributed by atoms with Crippen LogP contribution in [0.5, 0.6) is 0 Å². The van der Waals surface area contributed by atoms with E-state index < -0.39 is 14.6 Å². The Morgan fingerprint density at radius 3 is 1.91 bits per heavy atom. The molecule has 3 aromatic carbocycles. The molecule has 4 nitrogen and oxygen atoms in total. The van der Waals surface area contributed by atoms with Crippen molar-refractivity contribution in [2.75, 3.05) is 6.61 Å². The molecule has 176 valence electrons. The fourth-order valence-electron chi connectivity index (χ4n) is 5.07. The first-order chi connectivity index (χ1) is 16.5. The van der Waals surface area contributed by atoms with Crippen molar-refractivity contribution in [1.82, 2.24) is 0 Å². The third kappa shape index (κ3) is 4.25. The first kappa shape index (κ1) is 23.1. The van der Waals surface area contributed by atoms with Crippen LogP contribution in [0.3, 0.4) is 0 Å². The van der Waals surface area contributed by atoms with Crippen molar-refractivity contribution in [3.05, 3.63) is 109 Å². The topological polar surface area (TPSA) is 36.9 Å². The van der Waals surface area contributed by atoms with E-state index in [1.54, 1.807) is 6.26 Å². The van der Waals surface area contributed by atoms with Gasteiger partial charge < -0.3 is 18.6 Å². The molecule has 0 unspecified atom stereocenters. The summed E-state index contributed by atoms with van der Waals surface area (Å²) in [6.45, 7) is 7.32. The van der Waals surface area contributed by atoms with Gasteiger partial charge in [-0.1, -0.05) is 112 Å². The van der Waals surface area contributed by atoms with Crippen LogP contribution in [0.4, 0.5) is 0 Å². The van der Waals surface area contributed by atoms with Crippen molar-refractivity contribution in [2.45, 2.75) is 50.4 Å². The van der Waals surface area contributed by atoms with Crippen LogP contribution in [-0.4, -0.2) is 33.2 Å². The number of rotatable bonds is 5. The Bertz CT molecular complexity index is 1060. The molecule has 0 amide bonds. The summed E-state index contributed by atoms with van der Waals surface area (Å²) in [5, 5.41) is 2.37. The summed E-state index contributed by atoms with van der Waals surface area (Å²) < 4.78 is 25.8. The lowest BCUT2D eigenvalue weighted by molar-refractivity contribution is -0.274. The smallest absolute Gasteiger partial charge is 0.262 e. The van der Waals surface area contributed by atoms with Gasteiger partial charge in [-0.15, -0.1) is 0 Å². The van der Waals surface area contributed by atoms with Gasteiger partial charge in [-0.2, -0.15) is 0 Å². The van der Waals surface area contributed by atoms with Gasteiger partial charge >= 0.3 is 0 Å². The molecule has 0 radical (unpaired) electrons. The molecule has 0 N–H and O–H groups in total. The fourth-order valence-corrected chi connectivity index (χ4v) is 9.71. The summed E-state index contributed by atoms with van der Waals surface area (Å²) in [7, 11) is -2.74. The van der Waals surface area contributed by atoms with Crippen molar-refractivity contribution in [3.8, 4) is 0 Å². The molecule has 1 saturated heterocycles. The van der Waals surface area contributed by atoms with Crippen molar-refractivity contribution in [2.24, 2.45) is 0 Å². The standard InChI is InChI=1S/C29H32O4Si/c1-29(2,3)34(23-15-9-5-10-16-23,24-17-11-6-12-18-24)33-25-19-20-30-26-21-31-28(32-27(25)26)22-13-7-4-8-14-22/h4-20,25-28H,21H2,1-3H3/t25-,26-,27+,28+/m1/s1. The average molecular weight is 473 g/mol. The molecule has 1 fully saturated rings. The van der Waals surface area contributed by atoms with Gasteiger partial charge in [0.05, 0.1) is 19.0 Å². The van der Waals surface area contributed by atoms with Crippen LogP contribution in [0.2, 0.25) is 5.04 Å². The van der Waals surface area contributed by atoms with Gasteiger partial charge in [0.1, 0.15) is 6.10 Å². The second kappa shape index (κ2) is 9.51. The maximum absolute atomic E-state index is 7.36. The molecule has 0 saturated carbocycles. The summed E-state index contributed by atoms with van der Waals surface area (Å²) in [5.74, 6) is 0. The van der Waals surface area contributed by atoms with Gasteiger partial charge in [-0.05, 0) is 21.5 Å². The lowest BCUT2D eigenvalue weighted by atomic mass is 10.0. The SMILES string of the molecule is CC(C)(C)[Si](O[C@@H]1C=CO[C@@H]2CO[C@H](c3ccccc3)O[C@@H]12)(c1ccccc1)c1ccccc1. The highest BCUT2D eigenvalue weighted by molar-refractivity contribution is 6.99. The lowest BCUT2D eigenvalue weighted by Gasteiger charge is -2.48. The second-order valence-corrected chi connectivity index (χ2v) is 14.2. The van der Waals surface area contributed by atoms with Gasteiger partial charge in [0.2, 0.25) is 0 Å². The van der Waals surface area contributed by atoms with Gasteiger partial charge in [-0.3, -0.25) is 0 Å². The predicted molar refractivity (Wildman–Crippen MR) is 137 cm³/mol. The van der Waals surface area contributed by atoms with E-state index in [9.17, 15) is 0 Å². The molecule has 4 atom stereocenters. The number of ether oxygens (including phenoxy) is 3. The molecular formula is C29H32O4Si. The molecule has 0 bridgehead atoms. The minimum atomic E-state index is -2.74. The zero-order valence-electron chi connectivity index (χ0n) is 20.0. The summed E-state index contributed by atoms with van der Waals surface area (Å²) in [5.41, 5.74) is 1.000. The maximum Gasteiger partial charge on any atom is 0.262 e. The van der Waals surface area contributed by atoms with Gasteiger partial charge in [0.25, 0.3) is 8.32 Å². The monoisotopic (exact) mass is 472 g/mol. The van der Waals surface area contributed by atoms with E-state index in [2.05, 4.69) is 81.4 Å². The fraction of sp³-hybridized carbons (Fsp3) is 0.310. The normalized spacial score (nSPS) is 24.8. The molecule has 34 heavy (non-hydrogen) atoms. The zero-order chi connectivity index (χ0) is 23.6. The van der Waals surface area contributed by atoms with Crippen molar-refractivity contribution < 1.29 is 18.6 Å². The Hall–Kier alpha value is -2.70. The molecule has 2 heterocycles. The van der Waals surface area contributed by atoms with E-state index in [1.165, 1.54) is 10.4 Å². The molecule has 0 aliphatic carbocycles. The van der Waals surface area contributed by atoms with Crippen LogP contribution in [0.25, 0.3) is 0 Å². The first-order valence-corrected chi connectivity index (χ1v) is 13.8. The molecule has 0 aromatic heterocycles.